The molecule has 0 fully saturated rings. The lowest BCUT2D eigenvalue weighted by atomic mass is 9.72. The van der Waals surface area contributed by atoms with Crippen LogP contribution >= 0.6 is 0 Å². The van der Waals surface area contributed by atoms with Gasteiger partial charge in [0.1, 0.15) is 17.4 Å². The Morgan fingerprint density at radius 1 is 1.30 bits per heavy atom. The Morgan fingerprint density at radius 2 is 2.04 bits per heavy atom. The van der Waals surface area contributed by atoms with Crippen LogP contribution in [0.5, 0.6) is 5.75 Å². The minimum Gasteiger partial charge on any atom is -0.534 e. The molecule has 2 atom stereocenters. The first-order valence-electron chi connectivity index (χ1n) is 8.76. The van der Waals surface area contributed by atoms with Crippen molar-refractivity contribution < 1.29 is 24.0 Å². The number of para-hydroxylation sites is 1. The van der Waals surface area contributed by atoms with Crippen molar-refractivity contribution in [1.29, 1.82) is 0 Å². The highest BCUT2D eigenvalue weighted by atomic mass is 16.5. The number of carbonyl (C=O) groups is 2. The predicted octanol–water partition coefficient (Wildman–Crippen LogP) is 1.00. The second kappa shape index (κ2) is 8.24. The summed E-state index contributed by atoms with van der Waals surface area (Å²) in [6, 6.07) is 13.2. The molecule has 0 bridgehead atoms. The molecule has 3 rings (SSSR count). The monoisotopic (exact) mass is 368 g/mol. The average molecular weight is 368 g/mol. The molecule has 0 spiro atoms. The number of hydrogen-bond acceptors (Lipinski definition) is 6. The van der Waals surface area contributed by atoms with Gasteiger partial charge in [0.05, 0.1) is 12.5 Å². The second-order valence-corrected chi connectivity index (χ2v) is 6.23. The minimum atomic E-state index is -1.31. The Hall–Kier alpha value is -2.84. The number of ether oxygens (including phenoxy) is 1. The maximum absolute atomic E-state index is 12.5. The van der Waals surface area contributed by atoms with Crippen LogP contribution < -0.4 is 15.7 Å². The zero-order valence-electron chi connectivity index (χ0n) is 14.9. The van der Waals surface area contributed by atoms with Gasteiger partial charge in [0.25, 0.3) is 0 Å². The van der Waals surface area contributed by atoms with Gasteiger partial charge in [-0.05, 0) is 30.5 Å². The van der Waals surface area contributed by atoms with Gasteiger partial charge in [-0.3, -0.25) is 4.79 Å². The van der Waals surface area contributed by atoms with Gasteiger partial charge < -0.3 is 25.5 Å². The number of carbonyl (C=O) groups excluding carboxylic acids is 2. The van der Waals surface area contributed by atoms with Crippen molar-refractivity contribution in [3.05, 3.63) is 65.2 Å². The minimum absolute atomic E-state index is 0.237. The van der Waals surface area contributed by atoms with E-state index in [9.17, 15) is 14.6 Å². The number of amides is 1. The van der Waals surface area contributed by atoms with E-state index in [-0.39, 0.29) is 17.9 Å². The van der Waals surface area contributed by atoms with Crippen LogP contribution in [0.1, 0.15) is 34.5 Å². The molecule has 1 amide bonds. The molecule has 4 N–H and O–H groups in total. The van der Waals surface area contributed by atoms with Gasteiger partial charge in [-0.15, -0.1) is 0 Å². The molecule has 2 aromatic carbocycles. The molecule has 0 saturated heterocycles. The molecule has 1 aliphatic rings. The molecular formula is C19H21BN2O5. The molecule has 0 unspecified atom stereocenters. The van der Waals surface area contributed by atoms with Crippen LogP contribution in [0.2, 0.25) is 0 Å². The van der Waals surface area contributed by atoms with Gasteiger partial charge in [0.2, 0.25) is 5.91 Å². The first-order chi connectivity index (χ1) is 13.0. The second-order valence-electron chi connectivity index (χ2n) is 6.23. The van der Waals surface area contributed by atoms with Crippen molar-refractivity contribution in [3.8, 4) is 5.75 Å². The fourth-order valence-electron chi connectivity index (χ4n) is 3.00. The summed E-state index contributed by atoms with van der Waals surface area (Å²) in [4.78, 5) is 24.5. The number of nitrogens with one attached hydrogen (secondary N) is 1. The quantitative estimate of drug-likeness (QED) is 0.537. The third-order valence-electron chi connectivity index (χ3n) is 4.38. The molecule has 27 heavy (non-hydrogen) atoms. The molecule has 7 nitrogen and oxygen atoms in total. The summed E-state index contributed by atoms with van der Waals surface area (Å²) in [6.45, 7) is 1.95. The lowest BCUT2D eigenvalue weighted by molar-refractivity contribution is -0.122. The van der Waals surface area contributed by atoms with Crippen molar-refractivity contribution in [2.24, 2.45) is 5.73 Å². The summed E-state index contributed by atoms with van der Waals surface area (Å²) >= 11 is 0. The summed E-state index contributed by atoms with van der Waals surface area (Å²) in [5.74, 6) is -1.34. The van der Waals surface area contributed by atoms with Gasteiger partial charge in [-0.25, -0.2) is 4.79 Å². The summed E-state index contributed by atoms with van der Waals surface area (Å²) < 4.78 is 10.5. The van der Waals surface area contributed by atoms with E-state index in [1.54, 1.807) is 49.4 Å². The van der Waals surface area contributed by atoms with Gasteiger partial charge in [-0.1, -0.05) is 42.5 Å². The van der Waals surface area contributed by atoms with Crippen LogP contribution in [0.15, 0.2) is 48.5 Å². The van der Waals surface area contributed by atoms with Gasteiger partial charge in [0.15, 0.2) is 0 Å². The molecule has 0 saturated carbocycles. The fourth-order valence-corrected chi connectivity index (χ4v) is 3.00. The van der Waals surface area contributed by atoms with Gasteiger partial charge in [0, 0.05) is 0 Å². The van der Waals surface area contributed by atoms with E-state index >= 15 is 0 Å². The molecular weight excluding hydrogens is 347 g/mol. The van der Waals surface area contributed by atoms with E-state index in [2.05, 4.69) is 5.32 Å². The fraction of sp³-hybridized carbons (Fsp3) is 0.263. The molecule has 0 aliphatic carbocycles. The number of rotatable bonds is 5. The molecule has 1 aliphatic heterocycles. The Kier molecular flexibility index (Phi) is 5.78. The van der Waals surface area contributed by atoms with E-state index in [1.807, 2.05) is 6.07 Å². The van der Waals surface area contributed by atoms with Crippen LogP contribution in [0.3, 0.4) is 0 Å². The van der Waals surface area contributed by atoms with Crippen molar-refractivity contribution in [3.63, 3.8) is 0 Å². The van der Waals surface area contributed by atoms with Crippen LogP contribution in [0.4, 0.5) is 0 Å². The molecule has 1 heterocycles. The molecule has 2 aromatic rings. The lowest BCUT2D eigenvalue weighted by Crippen LogP contribution is -2.54. The third-order valence-corrected chi connectivity index (χ3v) is 4.38. The summed E-state index contributed by atoms with van der Waals surface area (Å²) in [5, 5.41) is 13.0. The van der Waals surface area contributed by atoms with Crippen LogP contribution in [0, 0.1) is 0 Å². The first-order valence-corrected chi connectivity index (χ1v) is 8.76. The Balaban J connectivity index is 1.74. The predicted molar refractivity (Wildman–Crippen MR) is 100 cm³/mol. The van der Waals surface area contributed by atoms with E-state index in [4.69, 9.17) is 15.1 Å². The van der Waals surface area contributed by atoms with Crippen molar-refractivity contribution >= 4 is 19.0 Å². The largest absolute Gasteiger partial charge is 0.547 e. The summed E-state index contributed by atoms with van der Waals surface area (Å²) in [5.41, 5.74) is 7.62. The normalized spacial score (nSPS) is 16.7. The number of fused-ring (bicyclic) bond motifs is 1. The van der Waals surface area contributed by atoms with E-state index in [0.29, 0.717) is 17.5 Å². The molecule has 0 radical (unpaired) electrons. The van der Waals surface area contributed by atoms with Gasteiger partial charge >= 0.3 is 13.1 Å². The first kappa shape index (κ1) is 18.9. The van der Waals surface area contributed by atoms with Crippen molar-refractivity contribution in [2.45, 2.75) is 25.3 Å². The van der Waals surface area contributed by atoms with Crippen molar-refractivity contribution in [1.82, 2.24) is 5.32 Å². The number of esters is 1. The van der Waals surface area contributed by atoms with E-state index in [1.165, 1.54) is 0 Å². The van der Waals surface area contributed by atoms with E-state index < -0.39 is 31.0 Å². The zero-order chi connectivity index (χ0) is 19.4. The van der Waals surface area contributed by atoms with Gasteiger partial charge in [-0.2, -0.15) is 0 Å². The van der Waals surface area contributed by atoms with Crippen molar-refractivity contribution in [2.75, 3.05) is 6.61 Å². The highest BCUT2D eigenvalue weighted by molar-refractivity contribution is 6.47. The topological polar surface area (TPSA) is 111 Å². The zero-order valence-corrected chi connectivity index (χ0v) is 14.9. The average Bonchev–Trinajstić information content (AvgIpc) is 2.68. The Labute approximate surface area is 157 Å². The summed E-state index contributed by atoms with van der Waals surface area (Å²) in [6.07, 6.45) is 0.303. The van der Waals surface area contributed by atoms with E-state index in [0.717, 1.165) is 0 Å². The molecule has 8 heteroatoms. The number of hydrogen-bond donors (Lipinski definition) is 3. The maximum atomic E-state index is 12.5. The molecule has 140 valence electrons. The Morgan fingerprint density at radius 3 is 2.74 bits per heavy atom. The maximum Gasteiger partial charge on any atom is 0.547 e. The lowest BCUT2D eigenvalue weighted by Gasteiger charge is -2.29. The highest BCUT2D eigenvalue weighted by Crippen LogP contribution is 2.30. The SMILES string of the molecule is CCOC(=O)c1cccc2c1OB(O)[C@@H](NC(=O)[C@@H](N)c1ccccc1)C2. The van der Waals surface area contributed by atoms with Crippen LogP contribution in [-0.4, -0.2) is 36.6 Å². The number of nitrogens with two attached hydrogens (primary N) is 1. The third kappa shape index (κ3) is 4.12. The molecule has 0 aromatic heterocycles. The standard InChI is InChI=1S/C19H21BN2O5/c1-2-26-19(24)14-10-6-9-13-11-15(20(25)27-17(13)14)22-18(23)16(21)12-7-4-3-5-8-12/h3-10,15-16,25H,2,11,21H2,1H3,(H,22,23)/t15-,16-/m0/s1. The smallest absolute Gasteiger partial charge is 0.534 e. The van der Waals surface area contributed by atoms with Crippen LogP contribution in [0.25, 0.3) is 0 Å². The summed E-state index contributed by atoms with van der Waals surface area (Å²) in [7, 11) is -1.31. The Bertz CT molecular complexity index is 830. The number of benzene rings is 2. The highest BCUT2D eigenvalue weighted by Gasteiger charge is 2.38. The van der Waals surface area contributed by atoms with Crippen LogP contribution in [-0.2, 0) is 16.0 Å².